The lowest BCUT2D eigenvalue weighted by Crippen LogP contribution is -2.14. The fourth-order valence-electron chi connectivity index (χ4n) is 1.73. The number of carbonyl (C=O) groups is 1. The first-order valence-corrected chi connectivity index (χ1v) is 5.79. The molecular weight excluding hydrogens is 284 g/mol. The molecule has 17 heavy (non-hydrogen) atoms. The molecule has 0 spiro atoms. The lowest BCUT2D eigenvalue weighted by Gasteiger charge is -2.12. The fourth-order valence-corrected chi connectivity index (χ4v) is 2.10. The number of nitrogens with zero attached hydrogens (tertiary/aromatic N) is 2. The number of hydrogen-bond acceptors (Lipinski definition) is 3. The van der Waals surface area contributed by atoms with Crippen molar-refractivity contribution >= 4 is 33.2 Å². The van der Waals surface area contributed by atoms with Crippen molar-refractivity contribution in [3.8, 4) is 0 Å². The van der Waals surface area contributed by atoms with Gasteiger partial charge in [-0.15, -0.1) is 0 Å². The molecule has 5 heteroatoms. The minimum absolute atomic E-state index is 0.517. The molecule has 0 bridgehead atoms. The van der Waals surface area contributed by atoms with Crippen molar-refractivity contribution in [3.05, 3.63) is 40.5 Å². The monoisotopic (exact) mass is 294 g/mol. The molecule has 1 aromatic rings. The molecule has 1 aliphatic heterocycles. The molecule has 1 aliphatic rings. The molecule has 0 saturated carbocycles. The molecule has 0 aromatic heterocycles. The summed E-state index contributed by atoms with van der Waals surface area (Å²) in [6.07, 6.45) is 0. The second-order valence-electron chi connectivity index (χ2n) is 3.68. The number of halogens is 1. The number of aliphatic hydroxyl groups excluding tert-OH is 1. The van der Waals surface area contributed by atoms with Gasteiger partial charge in [0.15, 0.2) is 0 Å². The molecule has 1 heterocycles. The van der Waals surface area contributed by atoms with Crippen LogP contribution in [0.5, 0.6) is 0 Å². The summed E-state index contributed by atoms with van der Waals surface area (Å²) in [5.41, 5.74) is 2.96. The summed E-state index contributed by atoms with van der Waals surface area (Å²) in [7, 11) is 1.86. The van der Waals surface area contributed by atoms with Gasteiger partial charge in [-0.1, -0.05) is 22.5 Å². The highest BCUT2D eigenvalue weighted by Crippen LogP contribution is 2.34. The van der Waals surface area contributed by atoms with Gasteiger partial charge in [0.05, 0.1) is 17.1 Å². The zero-order chi connectivity index (χ0) is 12.6. The van der Waals surface area contributed by atoms with Gasteiger partial charge in [0.25, 0.3) is 5.91 Å². The van der Waals surface area contributed by atoms with E-state index in [1.807, 2.05) is 30.1 Å². The Morgan fingerprint density at radius 2 is 2.29 bits per heavy atom. The molecule has 1 N–H and O–H groups in total. The molecule has 0 fully saturated rings. The first kappa shape index (κ1) is 12.0. The second-order valence-corrected chi connectivity index (χ2v) is 4.60. The maximum atomic E-state index is 11.2. The van der Waals surface area contributed by atoms with Crippen molar-refractivity contribution in [2.24, 2.45) is 4.99 Å². The second kappa shape index (κ2) is 4.43. The van der Waals surface area contributed by atoms with Gasteiger partial charge in [0.2, 0.25) is 0 Å². The Kier molecular flexibility index (Phi) is 3.13. The van der Waals surface area contributed by atoms with Gasteiger partial charge >= 0.3 is 0 Å². The lowest BCUT2D eigenvalue weighted by molar-refractivity contribution is -0.120. The first-order valence-electron chi connectivity index (χ1n) is 5.00. The Hall–Kier alpha value is -1.46. The summed E-state index contributed by atoms with van der Waals surface area (Å²) in [6, 6.07) is 5.73. The highest BCUT2D eigenvalue weighted by Gasteiger charge is 2.27. The van der Waals surface area contributed by atoms with Crippen molar-refractivity contribution in [1.29, 1.82) is 0 Å². The van der Waals surface area contributed by atoms with Gasteiger partial charge in [-0.2, -0.15) is 0 Å². The number of likely N-dealkylation sites (N-methyl/N-ethyl adjacent to an activating group) is 1. The first-order chi connectivity index (χ1) is 8.04. The average Bonchev–Trinajstić information content (AvgIpc) is 2.54. The molecule has 2 rings (SSSR count). The molecule has 0 radical (unpaired) electrons. The molecule has 1 amide bonds. The molecule has 0 atom stereocenters. The van der Waals surface area contributed by atoms with Gasteiger partial charge in [-0.05, 0) is 18.2 Å². The van der Waals surface area contributed by atoms with Crippen molar-refractivity contribution < 1.29 is 9.90 Å². The number of amides is 1. The van der Waals surface area contributed by atoms with E-state index in [-0.39, 0.29) is 0 Å². The van der Waals surface area contributed by atoms with E-state index in [0.29, 0.717) is 11.4 Å². The maximum Gasteiger partial charge on any atom is 0.271 e. The third kappa shape index (κ3) is 2.03. The van der Waals surface area contributed by atoms with Gasteiger partial charge in [-0.3, -0.25) is 4.79 Å². The number of hydrogen-bond donors (Lipinski definition) is 1. The van der Waals surface area contributed by atoms with Crippen LogP contribution in [-0.4, -0.2) is 30.4 Å². The van der Waals surface area contributed by atoms with Crippen LogP contribution in [0.3, 0.4) is 0 Å². The largest absolute Gasteiger partial charge is 0.386 e. The van der Waals surface area contributed by atoms with E-state index in [0.717, 1.165) is 15.7 Å². The van der Waals surface area contributed by atoms with Gasteiger partial charge < -0.3 is 10.0 Å². The van der Waals surface area contributed by atoms with Crippen LogP contribution in [-0.2, 0) is 4.79 Å². The molecule has 1 aromatic carbocycles. The Morgan fingerprint density at radius 1 is 1.59 bits per heavy atom. The quantitative estimate of drug-likeness (QED) is 0.858. The summed E-state index contributed by atoms with van der Waals surface area (Å²) >= 11 is 3.38. The summed E-state index contributed by atoms with van der Waals surface area (Å²) in [6.45, 7) is 3.30. The summed E-state index contributed by atoms with van der Waals surface area (Å²) in [5.74, 6) is -0.567. The zero-order valence-electron chi connectivity index (χ0n) is 9.27. The van der Waals surface area contributed by atoms with Gasteiger partial charge in [-0.25, -0.2) is 4.99 Å². The van der Waals surface area contributed by atoms with E-state index in [1.54, 1.807) is 0 Å². The molecule has 0 unspecified atom stereocenters. The number of aliphatic imine (C=N–C) groups is 1. The lowest BCUT2D eigenvalue weighted by atomic mass is 10.1. The predicted octanol–water partition coefficient (Wildman–Crippen LogP) is 1.72. The van der Waals surface area contributed by atoms with Crippen LogP contribution in [0.1, 0.15) is 5.56 Å². The standard InChI is InChI=1S/C12H11BrN2O2/c1-7-12(14-11(17)6-16)9-5-8(13)3-4-10(9)15(7)2/h3-5,16H,1,6H2,2H3. The zero-order valence-corrected chi connectivity index (χ0v) is 10.9. The maximum absolute atomic E-state index is 11.2. The van der Waals surface area contributed by atoms with E-state index in [9.17, 15) is 4.79 Å². The van der Waals surface area contributed by atoms with Crippen LogP contribution in [0.25, 0.3) is 0 Å². The summed E-state index contributed by atoms with van der Waals surface area (Å²) < 4.78 is 0.906. The minimum atomic E-state index is -0.593. The smallest absolute Gasteiger partial charge is 0.271 e. The topological polar surface area (TPSA) is 52.9 Å². The van der Waals surface area contributed by atoms with E-state index < -0.39 is 12.5 Å². The Balaban J connectivity index is 2.57. The van der Waals surface area contributed by atoms with Crippen molar-refractivity contribution in [2.75, 3.05) is 18.6 Å². The van der Waals surface area contributed by atoms with E-state index >= 15 is 0 Å². The van der Waals surface area contributed by atoms with Gasteiger partial charge in [0.1, 0.15) is 6.61 Å². The summed E-state index contributed by atoms with van der Waals surface area (Å²) in [5, 5.41) is 8.74. The normalized spacial score (nSPS) is 16.5. The van der Waals surface area contributed by atoms with Crippen LogP contribution < -0.4 is 4.90 Å². The molecule has 0 aliphatic carbocycles. The molecule has 88 valence electrons. The van der Waals surface area contributed by atoms with Crippen LogP contribution >= 0.6 is 15.9 Å². The van der Waals surface area contributed by atoms with E-state index in [1.165, 1.54) is 0 Å². The van der Waals surface area contributed by atoms with Crippen LogP contribution in [0, 0.1) is 0 Å². The van der Waals surface area contributed by atoms with Crippen molar-refractivity contribution in [1.82, 2.24) is 0 Å². The number of aliphatic hydroxyl groups is 1. The Labute approximate surface area is 107 Å². The molecular formula is C12H11BrN2O2. The van der Waals surface area contributed by atoms with E-state index in [2.05, 4.69) is 27.5 Å². The van der Waals surface area contributed by atoms with Crippen LogP contribution in [0.2, 0.25) is 0 Å². The van der Waals surface area contributed by atoms with Gasteiger partial charge in [0, 0.05) is 17.1 Å². The van der Waals surface area contributed by atoms with Crippen LogP contribution in [0.4, 0.5) is 5.69 Å². The Morgan fingerprint density at radius 3 is 2.94 bits per heavy atom. The minimum Gasteiger partial charge on any atom is -0.386 e. The third-order valence-corrected chi connectivity index (χ3v) is 3.12. The number of anilines is 1. The van der Waals surface area contributed by atoms with Crippen molar-refractivity contribution in [3.63, 3.8) is 0 Å². The number of benzene rings is 1. The third-order valence-electron chi connectivity index (χ3n) is 2.63. The average molecular weight is 295 g/mol. The highest BCUT2D eigenvalue weighted by atomic mass is 79.9. The van der Waals surface area contributed by atoms with Crippen molar-refractivity contribution in [2.45, 2.75) is 0 Å². The SMILES string of the molecule is C=C1C(=NC(=O)CO)c2cc(Br)ccc2N1C. The number of allylic oxidation sites excluding steroid dienone is 1. The number of fused-ring (bicyclic) bond motifs is 1. The molecule has 0 saturated heterocycles. The summed E-state index contributed by atoms with van der Waals surface area (Å²) in [4.78, 5) is 16.9. The fraction of sp³-hybridized carbons (Fsp3) is 0.167. The van der Waals surface area contributed by atoms with E-state index in [4.69, 9.17) is 5.11 Å². The number of carbonyl (C=O) groups excluding carboxylic acids is 1. The number of rotatable bonds is 1. The molecule has 4 nitrogen and oxygen atoms in total. The van der Waals surface area contributed by atoms with Crippen LogP contribution in [0.15, 0.2) is 39.9 Å². The highest BCUT2D eigenvalue weighted by molar-refractivity contribution is 9.10. The predicted molar refractivity (Wildman–Crippen MR) is 70.3 cm³/mol. The Bertz CT molecular complexity index is 537.